The standard InChI is InChI=1S/C14H15BO2/c1-11-6-8-12(9-7-11)10-13-4-2-3-5-14(13)15(16)17/h2-9,16-17H,10H2,1H3. The Morgan fingerprint density at radius 2 is 1.59 bits per heavy atom. The van der Waals surface area contributed by atoms with E-state index in [1.165, 1.54) is 11.1 Å². The first-order valence-electron chi connectivity index (χ1n) is 5.66. The molecule has 0 bridgehead atoms. The number of benzene rings is 2. The Balaban J connectivity index is 2.26. The van der Waals surface area contributed by atoms with Gasteiger partial charge in [-0.05, 0) is 29.9 Å². The Kier molecular flexibility index (Phi) is 3.62. The summed E-state index contributed by atoms with van der Waals surface area (Å²) in [6.07, 6.45) is 0.716. The quantitative estimate of drug-likeness (QED) is 0.773. The Morgan fingerprint density at radius 3 is 2.24 bits per heavy atom. The Hall–Kier alpha value is -1.58. The van der Waals surface area contributed by atoms with Crippen LogP contribution in [0.2, 0.25) is 0 Å². The van der Waals surface area contributed by atoms with Crippen molar-refractivity contribution in [1.29, 1.82) is 0 Å². The zero-order chi connectivity index (χ0) is 12.3. The van der Waals surface area contributed by atoms with Crippen molar-refractivity contribution in [3.05, 3.63) is 65.2 Å². The predicted molar refractivity (Wildman–Crippen MR) is 70.3 cm³/mol. The topological polar surface area (TPSA) is 40.5 Å². The first kappa shape index (κ1) is 11.9. The third-order valence-corrected chi connectivity index (χ3v) is 2.85. The first-order chi connectivity index (χ1) is 8.16. The highest BCUT2D eigenvalue weighted by Gasteiger charge is 2.14. The van der Waals surface area contributed by atoms with Crippen LogP contribution < -0.4 is 5.46 Å². The van der Waals surface area contributed by atoms with Crippen molar-refractivity contribution in [3.8, 4) is 0 Å². The summed E-state index contributed by atoms with van der Waals surface area (Å²) in [5, 5.41) is 18.6. The van der Waals surface area contributed by atoms with E-state index in [-0.39, 0.29) is 0 Å². The van der Waals surface area contributed by atoms with Crippen molar-refractivity contribution >= 4 is 12.6 Å². The normalized spacial score (nSPS) is 10.3. The number of hydrogen-bond donors (Lipinski definition) is 2. The fraction of sp³-hybridized carbons (Fsp3) is 0.143. The second-order valence-corrected chi connectivity index (χ2v) is 4.23. The minimum absolute atomic E-state index is 0.577. The Morgan fingerprint density at radius 1 is 0.941 bits per heavy atom. The van der Waals surface area contributed by atoms with Gasteiger partial charge in [-0.3, -0.25) is 0 Å². The highest BCUT2D eigenvalue weighted by atomic mass is 16.4. The van der Waals surface area contributed by atoms with Crippen molar-refractivity contribution in [2.45, 2.75) is 13.3 Å². The van der Waals surface area contributed by atoms with Crippen molar-refractivity contribution in [2.75, 3.05) is 0 Å². The lowest BCUT2D eigenvalue weighted by Gasteiger charge is -2.08. The van der Waals surface area contributed by atoms with Gasteiger partial charge in [0.25, 0.3) is 0 Å². The SMILES string of the molecule is Cc1ccc(Cc2ccccc2B(O)O)cc1. The molecule has 3 heteroatoms. The van der Waals surface area contributed by atoms with Crippen molar-refractivity contribution in [1.82, 2.24) is 0 Å². The van der Waals surface area contributed by atoms with Crippen LogP contribution in [-0.4, -0.2) is 17.2 Å². The lowest BCUT2D eigenvalue weighted by Crippen LogP contribution is -2.32. The van der Waals surface area contributed by atoms with Crippen LogP contribution in [0.4, 0.5) is 0 Å². The van der Waals surface area contributed by atoms with Crippen LogP contribution in [0.1, 0.15) is 16.7 Å². The molecule has 0 aromatic heterocycles. The van der Waals surface area contributed by atoms with E-state index in [4.69, 9.17) is 0 Å². The predicted octanol–water partition coefficient (Wildman–Crippen LogP) is 1.27. The third kappa shape index (κ3) is 2.96. The average Bonchev–Trinajstić information content (AvgIpc) is 2.32. The van der Waals surface area contributed by atoms with Gasteiger partial charge in [0.15, 0.2) is 0 Å². The Labute approximate surface area is 102 Å². The summed E-state index contributed by atoms with van der Waals surface area (Å²) < 4.78 is 0. The molecule has 2 rings (SSSR count). The van der Waals surface area contributed by atoms with Gasteiger partial charge in [0.05, 0.1) is 0 Å². The fourth-order valence-electron chi connectivity index (χ4n) is 1.87. The van der Waals surface area contributed by atoms with E-state index in [2.05, 4.69) is 31.2 Å². The lowest BCUT2D eigenvalue weighted by molar-refractivity contribution is 0.425. The van der Waals surface area contributed by atoms with E-state index in [1.54, 1.807) is 6.07 Å². The van der Waals surface area contributed by atoms with Gasteiger partial charge < -0.3 is 10.0 Å². The summed E-state index contributed by atoms with van der Waals surface area (Å²) in [5.41, 5.74) is 3.92. The van der Waals surface area contributed by atoms with Gasteiger partial charge in [-0.2, -0.15) is 0 Å². The van der Waals surface area contributed by atoms with Crippen LogP contribution in [0.5, 0.6) is 0 Å². The van der Waals surface area contributed by atoms with Gasteiger partial charge >= 0.3 is 7.12 Å². The van der Waals surface area contributed by atoms with Crippen molar-refractivity contribution in [2.24, 2.45) is 0 Å². The molecule has 86 valence electrons. The summed E-state index contributed by atoms with van der Waals surface area (Å²) in [6, 6.07) is 15.7. The molecular formula is C14H15BO2. The fourth-order valence-corrected chi connectivity index (χ4v) is 1.87. The van der Waals surface area contributed by atoms with E-state index >= 15 is 0 Å². The second-order valence-electron chi connectivity index (χ2n) is 4.23. The first-order valence-corrected chi connectivity index (χ1v) is 5.66. The van der Waals surface area contributed by atoms with Crippen molar-refractivity contribution in [3.63, 3.8) is 0 Å². The molecule has 0 spiro atoms. The molecule has 0 aliphatic heterocycles. The van der Waals surface area contributed by atoms with Gasteiger partial charge in [0.2, 0.25) is 0 Å². The van der Waals surface area contributed by atoms with E-state index in [0.29, 0.717) is 11.9 Å². The summed E-state index contributed by atoms with van der Waals surface area (Å²) in [7, 11) is -1.41. The maximum Gasteiger partial charge on any atom is 0.488 e. The van der Waals surface area contributed by atoms with Crippen LogP contribution in [0.3, 0.4) is 0 Å². The van der Waals surface area contributed by atoms with Crippen LogP contribution in [0.15, 0.2) is 48.5 Å². The zero-order valence-electron chi connectivity index (χ0n) is 9.80. The molecule has 17 heavy (non-hydrogen) atoms. The van der Waals surface area contributed by atoms with Crippen LogP contribution >= 0.6 is 0 Å². The molecule has 2 N–H and O–H groups in total. The zero-order valence-corrected chi connectivity index (χ0v) is 9.80. The van der Waals surface area contributed by atoms with Crippen molar-refractivity contribution < 1.29 is 10.0 Å². The summed E-state index contributed by atoms with van der Waals surface area (Å²) in [6.45, 7) is 2.05. The van der Waals surface area contributed by atoms with Crippen LogP contribution in [0.25, 0.3) is 0 Å². The Bertz CT molecular complexity index is 492. The van der Waals surface area contributed by atoms with Crippen LogP contribution in [-0.2, 0) is 6.42 Å². The molecule has 0 heterocycles. The highest BCUT2D eigenvalue weighted by Crippen LogP contribution is 2.09. The van der Waals surface area contributed by atoms with E-state index < -0.39 is 7.12 Å². The second kappa shape index (κ2) is 5.17. The van der Waals surface area contributed by atoms with Gasteiger partial charge in [-0.15, -0.1) is 0 Å². The van der Waals surface area contributed by atoms with Gasteiger partial charge in [0, 0.05) is 0 Å². The molecule has 2 aromatic carbocycles. The van der Waals surface area contributed by atoms with E-state index in [1.807, 2.05) is 18.2 Å². The summed E-state index contributed by atoms with van der Waals surface area (Å²) in [4.78, 5) is 0. The molecule has 0 amide bonds. The van der Waals surface area contributed by atoms with Gasteiger partial charge in [-0.1, -0.05) is 54.1 Å². The van der Waals surface area contributed by atoms with Gasteiger partial charge in [-0.25, -0.2) is 0 Å². The largest absolute Gasteiger partial charge is 0.488 e. The molecule has 2 aromatic rings. The minimum Gasteiger partial charge on any atom is -0.423 e. The summed E-state index contributed by atoms with van der Waals surface area (Å²) in [5.74, 6) is 0. The molecule has 0 atom stereocenters. The minimum atomic E-state index is -1.41. The molecule has 0 saturated heterocycles. The number of rotatable bonds is 3. The van der Waals surface area contributed by atoms with E-state index in [9.17, 15) is 10.0 Å². The molecule has 0 aliphatic rings. The highest BCUT2D eigenvalue weighted by molar-refractivity contribution is 6.59. The molecule has 0 radical (unpaired) electrons. The number of hydrogen-bond acceptors (Lipinski definition) is 2. The maximum absolute atomic E-state index is 9.28. The molecule has 0 aliphatic carbocycles. The molecule has 2 nitrogen and oxygen atoms in total. The smallest absolute Gasteiger partial charge is 0.423 e. The average molecular weight is 226 g/mol. The maximum atomic E-state index is 9.28. The monoisotopic (exact) mass is 226 g/mol. The van der Waals surface area contributed by atoms with E-state index in [0.717, 1.165) is 5.56 Å². The molecular weight excluding hydrogens is 211 g/mol. The third-order valence-electron chi connectivity index (χ3n) is 2.85. The number of aryl methyl sites for hydroxylation is 1. The lowest BCUT2D eigenvalue weighted by atomic mass is 9.76. The van der Waals surface area contributed by atoms with Crippen LogP contribution in [0, 0.1) is 6.92 Å². The molecule has 0 fully saturated rings. The molecule has 0 saturated carbocycles. The summed E-state index contributed by atoms with van der Waals surface area (Å²) >= 11 is 0. The van der Waals surface area contributed by atoms with Gasteiger partial charge in [0.1, 0.15) is 0 Å². The molecule has 0 unspecified atom stereocenters.